The van der Waals surface area contributed by atoms with Gasteiger partial charge in [-0.1, -0.05) is 25.6 Å². The molecule has 2 heterocycles. The molecule has 8 heteroatoms. The topological polar surface area (TPSA) is 86.3 Å². The molecule has 23 heavy (non-hydrogen) atoms. The SMILES string of the molecule is CC(C)CN1CCO[C@H](CSc2nnc(CCC(N)=O)n2C)C1. The zero-order valence-electron chi connectivity index (χ0n) is 14.2. The molecule has 0 unspecified atom stereocenters. The van der Waals surface area contributed by atoms with E-state index in [4.69, 9.17) is 10.5 Å². The molecule has 1 aromatic rings. The number of thioether (sulfide) groups is 1. The highest BCUT2D eigenvalue weighted by molar-refractivity contribution is 7.99. The summed E-state index contributed by atoms with van der Waals surface area (Å²) in [5, 5.41) is 9.19. The van der Waals surface area contributed by atoms with E-state index in [1.54, 1.807) is 11.8 Å². The lowest BCUT2D eigenvalue weighted by atomic mass is 10.2. The number of rotatable bonds is 8. The van der Waals surface area contributed by atoms with Gasteiger partial charge in [0.1, 0.15) is 5.82 Å². The summed E-state index contributed by atoms with van der Waals surface area (Å²) >= 11 is 1.65. The highest BCUT2D eigenvalue weighted by atomic mass is 32.2. The summed E-state index contributed by atoms with van der Waals surface area (Å²) in [6, 6.07) is 0. The second kappa shape index (κ2) is 8.65. The van der Waals surface area contributed by atoms with E-state index in [2.05, 4.69) is 28.9 Å². The molecular formula is C15H27N5O2S. The summed E-state index contributed by atoms with van der Waals surface area (Å²) in [5.74, 6) is 2.00. The Kier molecular flexibility index (Phi) is 6.86. The van der Waals surface area contributed by atoms with E-state index in [1.165, 1.54) is 0 Å². The van der Waals surface area contributed by atoms with Gasteiger partial charge in [-0.05, 0) is 5.92 Å². The molecule has 1 aromatic heterocycles. The molecule has 0 aliphatic carbocycles. The van der Waals surface area contributed by atoms with Crippen molar-refractivity contribution in [3.05, 3.63) is 5.82 Å². The van der Waals surface area contributed by atoms with Crippen LogP contribution in [0.25, 0.3) is 0 Å². The third-order valence-corrected chi connectivity index (χ3v) is 4.92. The maximum absolute atomic E-state index is 10.9. The van der Waals surface area contributed by atoms with E-state index < -0.39 is 0 Å². The van der Waals surface area contributed by atoms with E-state index in [-0.39, 0.29) is 12.0 Å². The summed E-state index contributed by atoms with van der Waals surface area (Å²) in [5.41, 5.74) is 5.18. The number of ether oxygens (including phenoxy) is 1. The summed E-state index contributed by atoms with van der Waals surface area (Å²) in [6.45, 7) is 8.38. The quantitative estimate of drug-likeness (QED) is 0.700. The van der Waals surface area contributed by atoms with Gasteiger partial charge in [0.25, 0.3) is 0 Å². The van der Waals surface area contributed by atoms with Crippen LogP contribution in [0.15, 0.2) is 5.16 Å². The van der Waals surface area contributed by atoms with Crippen LogP contribution in [0.4, 0.5) is 0 Å². The van der Waals surface area contributed by atoms with E-state index in [1.807, 2.05) is 11.6 Å². The molecule has 0 saturated carbocycles. The summed E-state index contributed by atoms with van der Waals surface area (Å²) in [4.78, 5) is 13.3. The van der Waals surface area contributed by atoms with Crippen molar-refractivity contribution >= 4 is 17.7 Å². The van der Waals surface area contributed by atoms with Gasteiger partial charge in [-0.25, -0.2) is 0 Å². The summed E-state index contributed by atoms with van der Waals surface area (Å²) in [6.07, 6.45) is 1.05. The first kappa shape index (κ1) is 18.2. The van der Waals surface area contributed by atoms with Gasteiger partial charge in [-0.3, -0.25) is 9.69 Å². The van der Waals surface area contributed by atoms with Crippen molar-refractivity contribution in [2.45, 2.75) is 37.9 Å². The van der Waals surface area contributed by atoms with E-state index in [9.17, 15) is 4.79 Å². The van der Waals surface area contributed by atoms with Crippen molar-refractivity contribution in [3.8, 4) is 0 Å². The fraction of sp³-hybridized carbons (Fsp3) is 0.800. The Morgan fingerprint density at radius 3 is 2.96 bits per heavy atom. The van der Waals surface area contributed by atoms with Gasteiger partial charge in [-0.2, -0.15) is 0 Å². The highest BCUT2D eigenvalue weighted by Gasteiger charge is 2.22. The second-order valence-corrected chi connectivity index (χ2v) is 7.37. The first-order valence-electron chi connectivity index (χ1n) is 8.09. The Hall–Kier alpha value is -1.12. The number of aryl methyl sites for hydroxylation is 1. The Balaban J connectivity index is 1.82. The summed E-state index contributed by atoms with van der Waals surface area (Å²) in [7, 11) is 1.92. The largest absolute Gasteiger partial charge is 0.375 e. The van der Waals surface area contributed by atoms with Crippen LogP contribution < -0.4 is 5.73 Å². The monoisotopic (exact) mass is 341 g/mol. The Bertz CT molecular complexity index is 520. The average molecular weight is 341 g/mol. The molecule has 7 nitrogen and oxygen atoms in total. The number of amides is 1. The van der Waals surface area contributed by atoms with Gasteiger partial charge < -0.3 is 15.0 Å². The van der Waals surface area contributed by atoms with Crippen LogP contribution in [0.1, 0.15) is 26.1 Å². The molecule has 130 valence electrons. The lowest BCUT2D eigenvalue weighted by Crippen LogP contribution is -2.44. The number of carbonyl (C=O) groups is 1. The molecular weight excluding hydrogens is 314 g/mol. The van der Waals surface area contributed by atoms with Crippen molar-refractivity contribution in [2.75, 3.05) is 32.0 Å². The van der Waals surface area contributed by atoms with Crippen LogP contribution in [-0.4, -0.2) is 63.7 Å². The standard InChI is InChI=1S/C15H27N5O2S/c1-11(2)8-20-6-7-22-12(9-20)10-23-15-18-17-14(19(15)3)5-4-13(16)21/h11-12H,4-10H2,1-3H3,(H2,16,21)/t12-/m0/s1. The lowest BCUT2D eigenvalue weighted by molar-refractivity contribution is -0.118. The fourth-order valence-corrected chi connectivity index (χ4v) is 3.59. The number of carbonyl (C=O) groups excluding carboxylic acids is 1. The zero-order valence-corrected chi connectivity index (χ0v) is 15.0. The predicted molar refractivity (Wildman–Crippen MR) is 90.3 cm³/mol. The maximum Gasteiger partial charge on any atom is 0.217 e. The number of hydrogen-bond acceptors (Lipinski definition) is 6. The van der Waals surface area contributed by atoms with Gasteiger partial charge in [0.05, 0.1) is 12.7 Å². The maximum atomic E-state index is 10.9. The van der Waals surface area contributed by atoms with Gasteiger partial charge in [0.2, 0.25) is 5.91 Å². The fourth-order valence-electron chi connectivity index (χ4n) is 2.65. The van der Waals surface area contributed by atoms with Crippen LogP contribution >= 0.6 is 11.8 Å². The molecule has 0 aromatic carbocycles. The molecule has 1 amide bonds. The van der Waals surface area contributed by atoms with Crippen molar-refractivity contribution < 1.29 is 9.53 Å². The lowest BCUT2D eigenvalue weighted by Gasteiger charge is -2.33. The minimum absolute atomic E-state index is 0.221. The molecule has 0 spiro atoms. The van der Waals surface area contributed by atoms with E-state index in [0.29, 0.717) is 18.8 Å². The number of nitrogens with zero attached hydrogens (tertiary/aromatic N) is 4. The van der Waals surface area contributed by atoms with Gasteiger partial charge in [0, 0.05) is 45.3 Å². The van der Waals surface area contributed by atoms with Crippen LogP contribution in [-0.2, 0) is 23.0 Å². The van der Waals surface area contributed by atoms with Crippen LogP contribution in [0, 0.1) is 5.92 Å². The Labute approximate surface area is 141 Å². The van der Waals surface area contributed by atoms with Crippen molar-refractivity contribution in [1.29, 1.82) is 0 Å². The van der Waals surface area contributed by atoms with Crippen molar-refractivity contribution in [1.82, 2.24) is 19.7 Å². The van der Waals surface area contributed by atoms with Crippen LogP contribution in [0.3, 0.4) is 0 Å². The molecule has 1 aliphatic heterocycles. The van der Waals surface area contributed by atoms with Gasteiger partial charge >= 0.3 is 0 Å². The minimum Gasteiger partial charge on any atom is -0.375 e. The first-order valence-corrected chi connectivity index (χ1v) is 9.07. The van der Waals surface area contributed by atoms with Gasteiger partial charge in [0.15, 0.2) is 5.16 Å². The molecule has 0 radical (unpaired) electrons. The Morgan fingerprint density at radius 2 is 2.26 bits per heavy atom. The van der Waals surface area contributed by atoms with Crippen LogP contribution in [0.2, 0.25) is 0 Å². The van der Waals surface area contributed by atoms with Crippen molar-refractivity contribution in [3.63, 3.8) is 0 Å². The molecule has 0 bridgehead atoms. The number of nitrogens with two attached hydrogens (primary N) is 1. The zero-order chi connectivity index (χ0) is 16.8. The Morgan fingerprint density at radius 1 is 1.48 bits per heavy atom. The van der Waals surface area contributed by atoms with E-state index >= 15 is 0 Å². The number of hydrogen-bond donors (Lipinski definition) is 1. The van der Waals surface area contributed by atoms with E-state index in [0.717, 1.165) is 43.0 Å². The first-order chi connectivity index (χ1) is 11.0. The molecule has 1 atom stereocenters. The molecule has 1 saturated heterocycles. The molecule has 1 fully saturated rings. The molecule has 2 N–H and O–H groups in total. The minimum atomic E-state index is -0.317. The highest BCUT2D eigenvalue weighted by Crippen LogP contribution is 2.20. The number of morpholine rings is 1. The summed E-state index contributed by atoms with van der Waals surface area (Å²) < 4.78 is 7.79. The smallest absolute Gasteiger partial charge is 0.217 e. The van der Waals surface area contributed by atoms with Crippen molar-refractivity contribution in [2.24, 2.45) is 18.7 Å². The average Bonchev–Trinajstić information content (AvgIpc) is 2.83. The number of aromatic nitrogens is 3. The number of primary amides is 1. The third-order valence-electron chi connectivity index (χ3n) is 3.76. The second-order valence-electron chi connectivity index (χ2n) is 6.38. The third kappa shape index (κ3) is 5.78. The normalized spacial score (nSPS) is 19.4. The molecule has 2 rings (SSSR count). The molecule has 1 aliphatic rings. The van der Waals surface area contributed by atoms with Gasteiger partial charge in [-0.15, -0.1) is 10.2 Å². The predicted octanol–water partition coefficient (Wildman–Crippen LogP) is 0.682. The van der Waals surface area contributed by atoms with Crippen LogP contribution in [0.5, 0.6) is 0 Å².